The molecular weight excluding hydrogens is 180 g/mol. The third-order valence-corrected chi connectivity index (χ3v) is 2.08. The Labute approximate surface area is 84.5 Å². The minimum atomic E-state index is -0.486. The molecule has 1 N–H and O–H groups in total. The Balaban J connectivity index is 2.51. The fourth-order valence-electron chi connectivity index (χ4n) is 1.24. The highest BCUT2D eigenvalue weighted by molar-refractivity contribution is 5.08. The lowest BCUT2D eigenvalue weighted by Crippen LogP contribution is -2.21. The van der Waals surface area contributed by atoms with Gasteiger partial charge in [0.15, 0.2) is 0 Å². The normalized spacial score (nSPS) is 13.5. The van der Waals surface area contributed by atoms with Crippen LogP contribution in [0.25, 0.3) is 0 Å². The van der Waals surface area contributed by atoms with Gasteiger partial charge in [-0.2, -0.15) is 5.10 Å². The molecule has 80 valence electrons. The lowest BCUT2D eigenvalue weighted by Gasteiger charge is -2.08. The first kappa shape index (κ1) is 11.2. The molecule has 0 saturated heterocycles. The van der Waals surface area contributed by atoms with E-state index < -0.39 is 6.10 Å². The van der Waals surface area contributed by atoms with Crippen LogP contribution in [0.2, 0.25) is 0 Å². The topological polar surface area (TPSA) is 47.3 Å². The van der Waals surface area contributed by atoms with E-state index >= 15 is 0 Å². The highest BCUT2D eigenvalue weighted by Crippen LogP contribution is 2.12. The fraction of sp³-hybridized carbons (Fsp3) is 0.700. The minimum absolute atomic E-state index is 0.344. The average Bonchev–Trinajstić information content (AvgIpc) is 2.53. The lowest BCUT2D eigenvalue weighted by molar-refractivity contribution is 0.0514. The van der Waals surface area contributed by atoms with Gasteiger partial charge >= 0.3 is 0 Å². The van der Waals surface area contributed by atoms with E-state index in [-0.39, 0.29) is 0 Å². The maximum Gasteiger partial charge on any atom is 0.0968 e. The van der Waals surface area contributed by atoms with Crippen LogP contribution in [0.15, 0.2) is 12.4 Å². The van der Waals surface area contributed by atoms with Crippen LogP contribution in [-0.2, 0) is 11.3 Å². The summed E-state index contributed by atoms with van der Waals surface area (Å²) in [7, 11) is 1.58. The van der Waals surface area contributed by atoms with Crippen molar-refractivity contribution in [2.24, 2.45) is 0 Å². The molecule has 14 heavy (non-hydrogen) atoms. The first-order valence-electron chi connectivity index (χ1n) is 4.82. The number of ether oxygens (including phenoxy) is 1. The second kappa shape index (κ2) is 5.12. The highest BCUT2D eigenvalue weighted by Gasteiger charge is 2.07. The number of aromatic nitrogens is 2. The minimum Gasteiger partial charge on any atom is -0.389 e. The van der Waals surface area contributed by atoms with Crippen molar-refractivity contribution < 1.29 is 9.84 Å². The van der Waals surface area contributed by atoms with E-state index in [1.807, 2.05) is 12.4 Å². The predicted octanol–water partition coefficient (Wildman–Crippen LogP) is 1.01. The Bertz CT molecular complexity index is 271. The maximum absolute atomic E-state index is 9.46. The van der Waals surface area contributed by atoms with Crippen molar-refractivity contribution in [3.63, 3.8) is 0 Å². The SMILES string of the molecule is COC[C@H](O)Cn1cc(C(C)C)cn1. The van der Waals surface area contributed by atoms with Crippen molar-refractivity contribution in [3.05, 3.63) is 18.0 Å². The molecule has 0 saturated carbocycles. The summed E-state index contributed by atoms with van der Waals surface area (Å²) < 4.78 is 6.59. The molecule has 1 heterocycles. The van der Waals surface area contributed by atoms with Crippen LogP contribution in [0, 0.1) is 0 Å². The van der Waals surface area contributed by atoms with E-state index in [4.69, 9.17) is 4.74 Å². The van der Waals surface area contributed by atoms with Crippen LogP contribution >= 0.6 is 0 Å². The van der Waals surface area contributed by atoms with Crippen molar-refractivity contribution in [1.29, 1.82) is 0 Å². The summed E-state index contributed by atoms with van der Waals surface area (Å²) in [6.45, 7) is 5.07. The molecule has 1 aromatic rings. The van der Waals surface area contributed by atoms with Gasteiger partial charge in [-0.3, -0.25) is 4.68 Å². The molecule has 0 spiro atoms. The van der Waals surface area contributed by atoms with Crippen molar-refractivity contribution >= 4 is 0 Å². The van der Waals surface area contributed by atoms with E-state index in [0.29, 0.717) is 19.1 Å². The molecule has 0 aliphatic heterocycles. The van der Waals surface area contributed by atoms with E-state index in [2.05, 4.69) is 18.9 Å². The molecule has 1 atom stereocenters. The second-order valence-corrected chi connectivity index (χ2v) is 3.76. The van der Waals surface area contributed by atoms with E-state index in [9.17, 15) is 5.11 Å². The number of aliphatic hydroxyl groups is 1. The van der Waals surface area contributed by atoms with Crippen molar-refractivity contribution in [2.75, 3.05) is 13.7 Å². The van der Waals surface area contributed by atoms with Gasteiger partial charge in [0.2, 0.25) is 0 Å². The van der Waals surface area contributed by atoms with Gasteiger partial charge in [-0.15, -0.1) is 0 Å². The smallest absolute Gasteiger partial charge is 0.0968 e. The second-order valence-electron chi connectivity index (χ2n) is 3.76. The maximum atomic E-state index is 9.46. The molecular formula is C10H18N2O2. The summed E-state index contributed by atoms with van der Waals surface area (Å²) >= 11 is 0. The van der Waals surface area contributed by atoms with Crippen molar-refractivity contribution in [1.82, 2.24) is 9.78 Å². The Morgan fingerprint density at radius 1 is 1.57 bits per heavy atom. The quantitative estimate of drug-likeness (QED) is 0.768. The molecule has 0 amide bonds. The van der Waals surface area contributed by atoms with Gasteiger partial charge in [0, 0.05) is 13.3 Å². The number of hydrogen-bond donors (Lipinski definition) is 1. The zero-order valence-corrected chi connectivity index (χ0v) is 8.97. The first-order chi connectivity index (χ1) is 6.63. The van der Waals surface area contributed by atoms with Gasteiger partial charge in [-0.1, -0.05) is 13.8 Å². The number of nitrogens with zero attached hydrogens (tertiary/aromatic N) is 2. The third-order valence-electron chi connectivity index (χ3n) is 2.08. The summed E-state index contributed by atoms with van der Waals surface area (Å²) in [6, 6.07) is 0. The molecule has 0 aliphatic rings. The van der Waals surface area contributed by atoms with E-state index in [0.717, 1.165) is 0 Å². The molecule has 0 aliphatic carbocycles. The molecule has 0 bridgehead atoms. The number of rotatable bonds is 5. The van der Waals surface area contributed by atoms with Gasteiger partial charge in [-0.05, 0) is 11.5 Å². The molecule has 4 heteroatoms. The Morgan fingerprint density at radius 3 is 2.79 bits per heavy atom. The Kier molecular flexibility index (Phi) is 4.10. The van der Waals surface area contributed by atoms with E-state index in [1.54, 1.807) is 11.8 Å². The van der Waals surface area contributed by atoms with Gasteiger partial charge in [-0.25, -0.2) is 0 Å². The zero-order valence-electron chi connectivity index (χ0n) is 8.97. The summed E-state index contributed by atoms with van der Waals surface area (Å²) in [5.41, 5.74) is 1.19. The number of hydrogen-bond acceptors (Lipinski definition) is 3. The van der Waals surface area contributed by atoms with Crippen LogP contribution in [0.4, 0.5) is 0 Å². The van der Waals surface area contributed by atoms with Crippen LogP contribution in [-0.4, -0.2) is 34.7 Å². The molecule has 1 rings (SSSR count). The summed E-state index contributed by atoms with van der Waals surface area (Å²) in [4.78, 5) is 0. The number of methoxy groups -OCH3 is 1. The standard InChI is InChI=1S/C10H18N2O2/c1-8(2)9-4-11-12(5-9)6-10(13)7-14-3/h4-5,8,10,13H,6-7H2,1-3H3/t10-/m1/s1. The van der Waals surface area contributed by atoms with Gasteiger partial charge in [0.05, 0.1) is 25.5 Å². The van der Waals surface area contributed by atoms with Crippen LogP contribution in [0.5, 0.6) is 0 Å². The monoisotopic (exact) mass is 198 g/mol. The highest BCUT2D eigenvalue weighted by atomic mass is 16.5. The molecule has 4 nitrogen and oxygen atoms in total. The van der Waals surface area contributed by atoms with Crippen LogP contribution in [0.3, 0.4) is 0 Å². The van der Waals surface area contributed by atoms with Crippen molar-refractivity contribution in [2.45, 2.75) is 32.4 Å². The molecule has 0 radical (unpaired) electrons. The Hall–Kier alpha value is -0.870. The lowest BCUT2D eigenvalue weighted by atomic mass is 10.1. The largest absolute Gasteiger partial charge is 0.389 e. The van der Waals surface area contributed by atoms with Gasteiger partial charge < -0.3 is 9.84 Å². The average molecular weight is 198 g/mol. The van der Waals surface area contributed by atoms with Gasteiger partial charge in [0.25, 0.3) is 0 Å². The molecule has 0 unspecified atom stereocenters. The van der Waals surface area contributed by atoms with Crippen molar-refractivity contribution in [3.8, 4) is 0 Å². The van der Waals surface area contributed by atoms with Gasteiger partial charge in [0.1, 0.15) is 0 Å². The predicted molar refractivity (Wildman–Crippen MR) is 54.2 cm³/mol. The number of aliphatic hydroxyl groups excluding tert-OH is 1. The third kappa shape index (κ3) is 3.12. The van der Waals surface area contributed by atoms with Crippen LogP contribution < -0.4 is 0 Å². The van der Waals surface area contributed by atoms with Crippen LogP contribution in [0.1, 0.15) is 25.3 Å². The fourth-order valence-corrected chi connectivity index (χ4v) is 1.24. The molecule has 1 aromatic heterocycles. The summed E-state index contributed by atoms with van der Waals surface area (Å²) in [6.07, 6.45) is 3.31. The summed E-state index contributed by atoms with van der Waals surface area (Å²) in [5.74, 6) is 0.475. The first-order valence-corrected chi connectivity index (χ1v) is 4.82. The molecule has 0 fully saturated rings. The van der Waals surface area contributed by atoms with E-state index in [1.165, 1.54) is 5.56 Å². The molecule has 0 aromatic carbocycles. The Morgan fingerprint density at radius 2 is 2.29 bits per heavy atom. The summed E-state index contributed by atoms with van der Waals surface area (Å²) in [5, 5.41) is 13.6. The zero-order chi connectivity index (χ0) is 10.6.